The van der Waals surface area contributed by atoms with E-state index in [1.54, 1.807) is 0 Å². The Morgan fingerprint density at radius 2 is 1.53 bits per heavy atom. The zero-order valence-electron chi connectivity index (χ0n) is 18.4. The van der Waals surface area contributed by atoms with Crippen LogP contribution in [0.1, 0.15) is 38.8 Å². The molecule has 0 bridgehead atoms. The average Bonchev–Trinajstić information content (AvgIpc) is 2.98. The Hall–Kier alpha value is -3.08. The molecule has 1 aliphatic rings. The van der Waals surface area contributed by atoms with Crippen LogP contribution < -0.4 is 4.74 Å². The van der Waals surface area contributed by atoms with Gasteiger partial charge < -0.3 is 9.64 Å². The van der Waals surface area contributed by atoms with Gasteiger partial charge in [-0.2, -0.15) is 0 Å². The van der Waals surface area contributed by atoms with Crippen molar-refractivity contribution in [3.05, 3.63) is 71.4 Å². The molecule has 2 aromatic carbocycles. The van der Waals surface area contributed by atoms with Crippen molar-refractivity contribution in [1.29, 1.82) is 0 Å². The molecule has 5 nitrogen and oxygen atoms in total. The second-order valence-electron chi connectivity index (χ2n) is 8.37. The second kappa shape index (κ2) is 9.16. The fourth-order valence-electron chi connectivity index (χ4n) is 3.54. The molecule has 5 heteroatoms. The van der Waals surface area contributed by atoms with Crippen molar-refractivity contribution in [3.63, 3.8) is 0 Å². The van der Waals surface area contributed by atoms with Gasteiger partial charge in [0, 0.05) is 19.6 Å². The van der Waals surface area contributed by atoms with Crippen molar-refractivity contribution in [3.8, 4) is 5.75 Å². The Morgan fingerprint density at radius 3 is 2.10 bits per heavy atom. The first-order chi connectivity index (χ1) is 14.3. The van der Waals surface area contributed by atoms with E-state index in [9.17, 15) is 9.59 Å². The number of amides is 2. The molecule has 0 radical (unpaired) electrons. The van der Waals surface area contributed by atoms with E-state index in [1.165, 1.54) is 4.90 Å². The predicted octanol–water partition coefficient (Wildman–Crippen LogP) is 4.34. The van der Waals surface area contributed by atoms with Crippen LogP contribution in [0.5, 0.6) is 5.75 Å². The third-order valence-electron chi connectivity index (χ3n) is 4.98. The zero-order chi connectivity index (χ0) is 21.8. The largest absolute Gasteiger partial charge is 0.493 e. The minimum Gasteiger partial charge on any atom is -0.493 e. The number of hydrogen-bond acceptors (Lipinski definition) is 4. The number of likely N-dealkylation sites (N-methyl/N-ethyl adjacent to an activating group) is 1. The Labute approximate surface area is 178 Å². The van der Waals surface area contributed by atoms with E-state index >= 15 is 0 Å². The Balaban J connectivity index is 1.96. The van der Waals surface area contributed by atoms with Gasteiger partial charge in [-0.1, -0.05) is 56.3 Å². The number of nitrogens with zero attached hydrogens (tertiary/aromatic N) is 2. The molecule has 2 aromatic rings. The van der Waals surface area contributed by atoms with Crippen molar-refractivity contribution in [2.24, 2.45) is 5.92 Å². The van der Waals surface area contributed by atoms with Crippen LogP contribution in [0.3, 0.4) is 0 Å². The molecule has 0 N–H and O–H groups in total. The van der Waals surface area contributed by atoms with Crippen LogP contribution in [0.15, 0.2) is 60.3 Å². The molecular weight excluding hydrogens is 376 g/mol. The summed E-state index contributed by atoms with van der Waals surface area (Å²) in [6.07, 6.45) is 0. The lowest BCUT2D eigenvalue weighted by Gasteiger charge is -2.23. The third kappa shape index (κ3) is 4.56. The van der Waals surface area contributed by atoms with E-state index < -0.39 is 0 Å². The Morgan fingerprint density at radius 1 is 0.900 bits per heavy atom. The fraction of sp³-hybridized carbons (Fsp3) is 0.360. The van der Waals surface area contributed by atoms with Crippen LogP contribution in [0.4, 0.5) is 0 Å². The summed E-state index contributed by atoms with van der Waals surface area (Å²) in [6.45, 7) is 9.08. The molecule has 1 aliphatic heterocycles. The zero-order valence-corrected chi connectivity index (χ0v) is 18.4. The van der Waals surface area contributed by atoms with E-state index in [1.807, 2.05) is 80.4 Å². The van der Waals surface area contributed by atoms with Gasteiger partial charge in [0.25, 0.3) is 11.8 Å². The van der Waals surface area contributed by atoms with Gasteiger partial charge in [-0.3, -0.25) is 14.5 Å². The van der Waals surface area contributed by atoms with E-state index in [0.717, 1.165) is 16.9 Å². The summed E-state index contributed by atoms with van der Waals surface area (Å²) >= 11 is 0. The summed E-state index contributed by atoms with van der Waals surface area (Å²) in [6, 6.07) is 17.1. The minimum atomic E-state index is -0.249. The van der Waals surface area contributed by atoms with Gasteiger partial charge in [0.2, 0.25) is 0 Å². The number of imide groups is 1. The van der Waals surface area contributed by atoms with Gasteiger partial charge in [-0.15, -0.1) is 0 Å². The normalized spacial score (nSPS) is 14.3. The molecule has 1 heterocycles. The maximum absolute atomic E-state index is 13.2. The fourth-order valence-corrected chi connectivity index (χ4v) is 3.54. The molecule has 0 saturated carbocycles. The molecule has 2 amide bonds. The van der Waals surface area contributed by atoms with Crippen LogP contribution in [-0.4, -0.2) is 41.3 Å². The highest BCUT2D eigenvalue weighted by Gasteiger charge is 2.41. The summed E-state index contributed by atoms with van der Waals surface area (Å²) in [5, 5.41) is 0. The molecule has 0 saturated heterocycles. The highest BCUT2D eigenvalue weighted by Crippen LogP contribution is 2.33. The number of carbonyl (C=O) groups is 2. The van der Waals surface area contributed by atoms with Gasteiger partial charge in [-0.05, 0) is 43.0 Å². The topological polar surface area (TPSA) is 49.9 Å². The predicted molar refractivity (Wildman–Crippen MR) is 119 cm³/mol. The molecule has 0 fully saturated rings. The number of carbonyl (C=O) groups excluding carboxylic acids is 2. The van der Waals surface area contributed by atoms with Gasteiger partial charge in [0.1, 0.15) is 11.4 Å². The number of benzene rings is 2. The Kier molecular flexibility index (Phi) is 6.60. The summed E-state index contributed by atoms with van der Waals surface area (Å²) in [7, 11) is 1.86. The van der Waals surface area contributed by atoms with Gasteiger partial charge in [0.15, 0.2) is 0 Å². The quantitative estimate of drug-likeness (QED) is 0.612. The smallest absolute Gasteiger partial charge is 0.278 e. The summed E-state index contributed by atoms with van der Waals surface area (Å²) in [4.78, 5) is 29.6. The van der Waals surface area contributed by atoms with Crippen molar-refractivity contribution < 1.29 is 14.3 Å². The van der Waals surface area contributed by atoms with Crippen LogP contribution in [0.2, 0.25) is 0 Å². The van der Waals surface area contributed by atoms with Crippen molar-refractivity contribution in [2.45, 2.75) is 40.3 Å². The van der Waals surface area contributed by atoms with Crippen molar-refractivity contribution in [1.82, 2.24) is 9.80 Å². The lowest BCUT2D eigenvalue weighted by Crippen LogP contribution is -2.39. The first-order valence-electron chi connectivity index (χ1n) is 10.4. The maximum Gasteiger partial charge on any atom is 0.278 e. The monoisotopic (exact) mass is 406 g/mol. The van der Waals surface area contributed by atoms with Gasteiger partial charge in [-0.25, -0.2) is 0 Å². The van der Waals surface area contributed by atoms with E-state index in [-0.39, 0.29) is 17.9 Å². The van der Waals surface area contributed by atoms with Crippen LogP contribution >= 0.6 is 0 Å². The molecule has 0 spiro atoms. The number of ether oxygens (including phenoxy) is 1. The first-order valence-corrected chi connectivity index (χ1v) is 10.4. The van der Waals surface area contributed by atoms with E-state index in [2.05, 4.69) is 13.8 Å². The average molecular weight is 407 g/mol. The lowest BCUT2D eigenvalue weighted by atomic mass is 10.0. The van der Waals surface area contributed by atoms with Gasteiger partial charge >= 0.3 is 0 Å². The molecule has 0 aromatic heterocycles. The molecule has 3 rings (SSSR count). The molecule has 0 atom stereocenters. The highest BCUT2D eigenvalue weighted by atomic mass is 16.5. The summed E-state index contributed by atoms with van der Waals surface area (Å²) < 4.78 is 5.76. The van der Waals surface area contributed by atoms with Crippen molar-refractivity contribution in [2.75, 3.05) is 13.7 Å². The van der Waals surface area contributed by atoms with E-state index in [0.29, 0.717) is 30.3 Å². The standard InChI is InChI=1S/C25H30N2O3/c1-17(2)16-30-21-13-11-20(12-14-21)22-23(25(29)27(18(3)4)24(22)28)26(5)15-19-9-7-6-8-10-19/h6-14,17-18H,15-16H2,1-5H3. The molecule has 30 heavy (non-hydrogen) atoms. The molecular formula is C25H30N2O3. The maximum atomic E-state index is 13.2. The van der Waals surface area contributed by atoms with Crippen molar-refractivity contribution >= 4 is 17.4 Å². The number of rotatable bonds is 8. The third-order valence-corrected chi connectivity index (χ3v) is 4.98. The minimum absolute atomic E-state index is 0.212. The Bertz CT molecular complexity index is 931. The summed E-state index contributed by atoms with van der Waals surface area (Å²) in [5.41, 5.74) is 2.69. The number of hydrogen-bond donors (Lipinski definition) is 0. The summed E-state index contributed by atoms with van der Waals surface area (Å²) in [5.74, 6) is 0.688. The highest BCUT2D eigenvalue weighted by molar-refractivity contribution is 6.35. The lowest BCUT2D eigenvalue weighted by molar-refractivity contribution is -0.139. The second-order valence-corrected chi connectivity index (χ2v) is 8.37. The molecule has 0 unspecified atom stereocenters. The van der Waals surface area contributed by atoms with E-state index in [4.69, 9.17) is 4.74 Å². The first kappa shape index (κ1) is 21.6. The van der Waals surface area contributed by atoms with Crippen LogP contribution in [-0.2, 0) is 16.1 Å². The molecule has 0 aliphatic carbocycles. The van der Waals surface area contributed by atoms with Crippen LogP contribution in [0, 0.1) is 5.92 Å². The molecule has 158 valence electrons. The SMILES string of the molecule is CC(C)COc1ccc(C2=C(N(C)Cc3ccccc3)C(=O)N(C(C)C)C2=O)cc1. The van der Waals surface area contributed by atoms with Gasteiger partial charge in [0.05, 0.1) is 12.2 Å². The van der Waals surface area contributed by atoms with Crippen LogP contribution in [0.25, 0.3) is 5.57 Å².